The van der Waals surface area contributed by atoms with Crippen LogP contribution in [0.25, 0.3) is 21.8 Å². The number of primary amides is 1. The number of carbonyl (C=O) groups excluding carboxylic acids is 6. The molecule has 14 N–H and O–H groups in total. The van der Waals surface area contributed by atoms with Gasteiger partial charge in [-0.1, -0.05) is 66.7 Å². The summed E-state index contributed by atoms with van der Waals surface area (Å²) in [5, 5.41) is 15.5. The number of rotatable bonds is 23. The van der Waals surface area contributed by atoms with Gasteiger partial charge >= 0.3 is 0 Å². The van der Waals surface area contributed by atoms with Gasteiger partial charge in [0.2, 0.25) is 35.4 Å². The largest absolute Gasteiger partial charge is 0.368 e. The summed E-state index contributed by atoms with van der Waals surface area (Å²) in [6.07, 6.45) is 8.21. The van der Waals surface area contributed by atoms with E-state index >= 15 is 0 Å². The van der Waals surface area contributed by atoms with Gasteiger partial charge in [0.1, 0.15) is 30.2 Å². The van der Waals surface area contributed by atoms with E-state index in [1.54, 1.807) is 42.9 Å². The number of imidazole rings is 1. The number of H-pyrrole nitrogens is 3. The van der Waals surface area contributed by atoms with E-state index in [0.717, 1.165) is 32.9 Å². The molecule has 1 unspecified atom stereocenters. The lowest BCUT2D eigenvalue weighted by Gasteiger charge is -2.26. The molecule has 3 aromatic carbocycles. The first kappa shape index (κ1) is 46.2. The summed E-state index contributed by atoms with van der Waals surface area (Å²) in [7, 11) is 0. The number of aromatic nitrogens is 4. The molecular formula is C46H56N12O6. The summed E-state index contributed by atoms with van der Waals surface area (Å²) in [4.78, 5) is 95.6. The molecule has 0 spiro atoms. The Morgan fingerprint density at radius 1 is 0.594 bits per heavy atom. The number of benzene rings is 3. The molecule has 0 saturated carbocycles. The third-order valence-electron chi connectivity index (χ3n) is 11.1. The molecule has 6 atom stereocenters. The molecular weight excluding hydrogens is 817 g/mol. The average molecular weight is 873 g/mol. The quantitative estimate of drug-likeness (QED) is 0.0409. The molecule has 18 nitrogen and oxygen atoms in total. The van der Waals surface area contributed by atoms with Gasteiger partial charge in [-0.25, -0.2) is 4.98 Å². The van der Waals surface area contributed by atoms with E-state index in [1.165, 1.54) is 13.3 Å². The molecule has 18 heteroatoms. The van der Waals surface area contributed by atoms with Crippen LogP contribution >= 0.6 is 0 Å². The normalized spacial score (nSPS) is 14.1. The van der Waals surface area contributed by atoms with Gasteiger partial charge in [-0.2, -0.15) is 0 Å². The van der Waals surface area contributed by atoms with Crippen molar-refractivity contribution < 1.29 is 28.8 Å². The minimum Gasteiger partial charge on any atom is -0.368 e. The SMILES string of the molecule is C[C@H](NC(=O)[C@@H](Cc1c[nH]c2ccccc12)NC(=O)[C@@H](N)Cc1cnc[nH]1)C(=O)N[C@@H](Cc1c[nH]c2ccccc12)C(=O)NC(Cc1ccccc1)C(=O)N[C@@H](CCCCN)C(N)=O. The van der Waals surface area contributed by atoms with E-state index in [2.05, 4.69) is 46.5 Å². The van der Waals surface area contributed by atoms with E-state index < -0.39 is 71.7 Å². The number of nitrogens with zero attached hydrogens (tertiary/aromatic N) is 1. The molecule has 0 aliphatic heterocycles. The third kappa shape index (κ3) is 12.4. The van der Waals surface area contributed by atoms with Crippen molar-refractivity contribution in [2.45, 2.75) is 88.1 Å². The minimum absolute atomic E-state index is 0.00159. The van der Waals surface area contributed by atoms with Crippen LogP contribution in [0.3, 0.4) is 0 Å². The van der Waals surface area contributed by atoms with Crippen molar-refractivity contribution in [1.29, 1.82) is 0 Å². The Morgan fingerprint density at radius 2 is 1.11 bits per heavy atom. The van der Waals surface area contributed by atoms with Gasteiger partial charge in [-0.15, -0.1) is 0 Å². The number of unbranched alkanes of at least 4 members (excludes halogenated alkanes) is 1. The fourth-order valence-corrected chi connectivity index (χ4v) is 7.52. The van der Waals surface area contributed by atoms with Crippen molar-refractivity contribution >= 4 is 57.2 Å². The van der Waals surface area contributed by atoms with Crippen molar-refractivity contribution in [2.75, 3.05) is 6.54 Å². The number of nitrogens with two attached hydrogens (primary N) is 3. The fourth-order valence-electron chi connectivity index (χ4n) is 7.52. The van der Waals surface area contributed by atoms with Gasteiger partial charge in [0.25, 0.3) is 0 Å². The maximum Gasteiger partial charge on any atom is 0.243 e. The predicted octanol–water partition coefficient (Wildman–Crippen LogP) is 1.03. The summed E-state index contributed by atoms with van der Waals surface area (Å²) < 4.78 is 0. The highest BCUT2D eigenvalue weighted by Crippen LogP contribution is 2.21. The molecule has 6 aromatic rings. The zero-order chi connectivity index (χ0) is 45.6. The standard InChI is InChI=1S/C46H56N12O6/c1-27(54-44(62)39(20-29-23-51-35-15-7-5-13-32(29)35)57-43(61)34(48)22-31-25-50-26-53-31)42(60)56-40(21-30-24-52-36-16-8-6-14-33(30)36)46(64)58-38(19-28-11-3-2-4-12-28)45(63)55-37(41(49)59)17-9-10-18-47/h2-8,11-16,23-27,34,37-40,51-52H,9-10,17-22,47-48H2,1H3,(H2,49,59)(H,50,53)(H,54,62)(H,55,63)(H,56,60)(H,57,61)(H,58,64)/t27-,34-,37-,38?,39+,40-/m0/s1. The summed E-state index contributed by atoms with van der Waals surface area (Å²) in [6.45, 7) is 1.87. The number of fused-ring (bicyclic) bond motifs is 2. The molecule has 0 bridgehead atoms. The van der Waals surface area contributed by atoms with E-state index in [4.69, 9.17) is 17.2 Å². The highest BCUT2D eigenvalue weighted by atomic mass is 16.2. The number of aromatic amines is 3. The first-order valence-corrected chi connectivity index (χ1v) is 21.3. The van der Waals surface area contributed by atoms with Gasteiger partial charge in [0.15, 0.2) is 0 Å². The molecule has 64 heavy (non-hydrogen) atoms. The van der Waals surface area contributed by atoms with E-state index in [9.17, 15) is 28.8 Å². The lowest BCUT2D eigenvalue weighted by molar-refractivity contribution is -0.134. The van der Waals surface area contributed by atoms with Crippen molar-refractivity contribution in [3.8, 4) is 0 Å². The first-order chi connectivity index (χ1) is 30.9. The fraction of sp³-hybridized carbons (Fsp3) is 0.326. The topological polar surface area (TPSA) is 301 Å². The Bertz CT molecular complexity index is 2520. The highest BCUT2D eigenvalue weighted by Gasteiger charge is 2.33. The Morgan fingerprint density at radius 3 is 1.67 bits per heavy atom. The van der Waals surface area contributed by atoms with Crippen LogP contribution in [-0.2, 0) is 54.5 Å². The molecule has 6 rings (SSSR count). The molecule has 336 valence electrons. The van der Waals surface area contributed by atoms with E-state index in [1.807, 2.05) is 54.6 Å². The van der Waals surface area contributed by atoms with Gasteiger partial charge in [0.05, 0.1) is 12.4 Å². The van der Waals surface area contributed by atoms with Crippen LogP contribution in [0.1, 0.15) is 48.6 Å². The number of hydrogen-bond acceptors (Lipinski definition) is 9. The molecule has 6 amide bonds. The van der Waals surface area contributed by atoms with Crippen molar-refractivity contribution in [1.82, 2.24) is 46.5 Å². The van der Waals surface area contributed by atoms with Crippen LogP contribution < -0.4 is 43.8 Å². The van der Waals surface area contributed by atoms with Crippen LogP contribution in [0.4, 0.5) is 0 Å². The first-order valence-electron chi connectivity index (χ1n) is 21.3. The van der Waals surface area contributed by atoms with E-state index in [-0.39, 0.29) is 32.1 Å². The van der Waals surface area contributed by atoms with Crippen LogP contribution in [0.2, 0.25) is 0 Å². The molecule has 0 fully saturated rings. The van der Waals surface area contributed by atoms with E-state index in [0.29, 0.717) is 30.6 Å². The van der Waals surface area contributed by atoms with Crippen molar-refractivity contribution in [2.24, 2.45) is 17.2 Å². The summed E-state index contributed by atoms with van der Waals surface area (Å²) in [6, 6.07) is 17.2. The number of hydrogen-bond donors (Lipinski definition) is 11. The zero-order valence-corrected chi connectivity index (χ0v) is 35.6. The Labute approximate surface area is 369 Å². The average Bonchev–Trinajstić information content (AvgIpc) is 4.06. The number of nitrogens with one attached hydrogen (secondary N) is 8. The number of para-hydroxylation sites is 2. The van der Waals surface area contributed by atoms with Crippen LogP contribution in [0.5, 0.6) is 0 Å². The van der Waals surface area contributed by atoms with Gasteiger partial charge in [-0.05, 0) is 61.6 Å². The minimum atomic E-state index is -1.25. The zero-order valence-electron chi connectivity index (χ0n) is 35.6. The monoisotopic (exact) mass is 872 g/mol. The smallest absolute Gasteiger partial charge is 0.243 e. The lowest BCUT2D eigenvalue weighted by Crippen LogP contribution is -2.59. The van der Waals surface area contributed by atoms with Gasteiger partial charge in [0, 0.05) is 71.8 Å². The Balaban J connectivity index is 1.22. The maximum atomic E-state index is 14.4. The number of amides is 6. The lowest BCUT2D eigenvalue weighted by atomic mass is 10.0. The van der Waals surface area contributed by atoms with Crippen LogP contribution in [-0.4, -0.2) is 98.2 Å². The Kier molecular flexibility index (Phi) is 16.0. The summed E-state index contributed by atoms with van der Waals surface area (Å²) in [5.41, 5.74) is 22.0. The molecule has 3 heterocycles. The molecule has 0 aliphatic rings. The van der Waals surface area contributed by atoms with Crippen molar-refractivity contribution in [3.63, 3.8) is 0 Å². The van der Waals surface area contributed by atoms with Gasteiger partial charge in [-0.3, -0.25) is 28.8 Å². The molecule has 3 aromatic heterocycles. The number of carbonyl (C=O) groups is 6. The third-order valence-corrected chi connectivity index (χ3v) is 11.1. The Hall–Kier alpha value is -7.31. The van der Waals surface area contributed by atoms with Crippen LogP contribution in [0.15, 0.2) is 104 Å². The van der Waals surface area contributed by atoms with Crippen LogP contribution in [0, 0.1) is 0 Å². The molecule has 0 saturated heterocycles. The van der Waals surface area contributed by atoms with Gasteiger partial charge < -0.3 is 58.7 Å². The predicted molar refractivity (Wildman–Crippen MR) is 242 cm³/mol. The molecule has 0 aliphatic carbocycles. The highest BCUT2D eigenvalue weighted by molar-refractivity contribution is 5.97. The second-order valence-electron chi connectivity index (χ2n) is 15.9. The molecule has 0 radical (unpaired) electrons. The second-order valence-corrected chi connectivity index (χ2v) is 15.9. The summed E-state index contributed by atoms with van der Waals surface area (Å²) in [5.74, 6) is -4.02. The summed E-state index contributed by atoms with van der Waals surface area (Å²) >= 11 is 0. The maximum absolute atomic E-state index is 14.4. The second kappa shape index (κ2) is 22.2. The van der Waals surface area contributed by atoms with Crippen molar-refractivity contribution in [3.05, 3.63) is 126 Å².